The van der Waals surface area contributed by atoms with E-state index in [9.17, 15) is 9.59 Å². The van der Waals surface area contributed by atoms with Crippen molar-refractivity contribution in [2.75, 3.05) is 51.5 Å². The van der Waals surface area contributed by atoms with Gasteiger partial charge in [0.2, 0.25) is 5.91 Å². The maximum atomic E-state index is 13.1. The van der Waals surface area contributed by atoms with E-state index in [1.165, 1.54) is 0 Å². The quantitative estimate of drug-likeness (QED) is 0.642. The van der Waals surface area contributed by atoms with Crippen LogP contribution in [0.5, 0.6) is 0 Å². The van der Waals surface area contributed by atoms with Gasteiger partial charge in [-0.05, 0) is 57.1 Å². The van der Waals surface area contributed by atoms with Crippen LogP contribution in [0.1, 0.15) is 46.6 Å². The van der Waals surface area contributed by atoms with E-state index in [0.717, 1.165) is 17.8 Å². The van der Waals surface area contributed by atoms with Gasteiger partial charge in [-0.1, -0.05) is 20.8 Å². The molecule has 1 aromatic carbocycles. The summed E-state index contributed by atoms with van der Waals surface area (Å²) in [5.74, 6) is 0.143. The predicted molar refractivity (Wildman–Crippen MR) is 126 cm³/mol. The Bertz CT molecular complexity index is 708. The van der Waals surface area contributed by atoms with Crippen LogP contribution in [0.3, 0.4) is 0 Å². The SMILES string of the molecule is CC(C)NC(=O)Nc1ccc(N(C)C)c(CN(CCN(C)C)C(=O)CC(C)(C)C)c1. The average molecular weight is 420 g/mol. The lowest BCUT2D eigenvalue weighted by molar-refractivity contribution is -0.133. The van der Waals surface area contributed by atoms with Gasteiger partial charge < -0.3 is 25.3 Å². The van der Waals surface area contributed by atoms with Gasteiger partial charge in [-0.15, -0.1) is 0 Å². The smallest absolute Gasteiger partial charge is 0.319 e. The van der Waals surface area contributed by atoms with Gasteiger partial charge in [-0.2, -0.15) is 0 Å². The van der Waals surface area contributed by atoms with E-state index in [-0.39, 0.29) is 23.4 Å². The number of hydrogen-bond donors (Lipinski definition) is 2. The van der Waals surface area contributed by atoms with E-state index >= 15 is 0 Å². The van der Waals surface area contributed by atoms with Gasteiger partial charge in [0.1, 0.15) is 0 Å². The highest BCUT2D eigenvalue weighted by Gasteiger charge is 2.22. The Balaban J connectivity index is 3.15. The number of anilines is 2. The Morgan fingerprint density at radius 1 is 1.03 bits per heavy atom. The highest BCUT2D eigenvalue weighted by Crippen LogP contribution is 2.26. The third kappa shape index (κ3) is 9.48. The van der Waals surface area contributed by atoms with Gasteiger partial charge >= 0.3 is 6.03 Å². The van der Waals surface area contributed by atoms with Crippen molar-refractivity contribution < 1.29 is 9.59 Å². The number of carbonyl (C=O) groups excluding carboxylic acids is 2. The molecule has 0 aromatic heterocycles. The number of nitrogens with zero attached hydrogens (tertiary/aromatic N) is 3. The van der Waals surface area contributed by atoms with Crippen LogP contribution in [-0.4, -0.2) is 69.1 Å². The molecule has 2 N–H and O–H groups in total. The maximum Gasteiger partial charge on any atom is 0.319 e. The number of rotatable bonds is 9. The molecular weight excluding hydrogens is 378 g/mol. The molecule has 0 heterocycles. The molecule has 3 amide bonds. The van der Waals surface area contributed by atoms with Crippen molar-refractivity contribution >= 4 is 23.3 Å². The number of hydrogen-bond acceptors (Lipinski definition) is 4. The van der Waals surface area contributed by atoms with E-state index in [1.807, 2.05) is 70.0 Å². The summed E-state index contributed by atoms with van der Waals surface area (Å²) in [6.45, 7) is 12.0. The Morgan fingerprint density at radius 2 is 1.67 bits per heavy atom. The number of nitrogens with one attached hydrogen (secondary N) is 2. The van der Waals surface area contributed by atoms with Crippen molar-refractivity contribution in [3.63, 3.8) is 0 Å². The van der Waals surface area contributed by atoms with Crippen molar-refractivity contribution in [3.05, 3.63) is 23.8 Å². The lowest BCUT2D eigenvalue weighted by Crippen LogP contribution is -2.38. The summed E-state index contributed by atoms with van der Waals surface area (Å²) in [4.78, 5) is 31.2. The van der Waals surface area contributed by atoms with Crippen molar-refractivity contribution in [2.24, 2.45) is 5.41 Å². The van der Waals surface area contributed by atoms with Crippen LogP contribution < -0.4 is 15.5 Å². The molecule has 1 rings (SSSR count). The minimum atomic E-state index is -0.234. The number of urea groups is 1. The summed E-state index contributed by atoms with van der Waals surface area (Å²) in [5.41, 5.74) is 2.67. The standard InChI is InChI=1S/C23H41N5O2/c1-17(2)24-22(30)25-19-10-11-20(27(8)9)18(14-19)16-28(13-12-26(6)7)21(29)15-23(3,4)5/h10-11,14,17H,12-13,15-16H2,1-9H3,(H2,24,25,30). The van der Waals surface area contributed by atoms with Gasteiger partial charge in [0, 0.05) is 57.6 Å². The third-order valence-corrected chi connectivity index (χ3v) is 4.45. The highest BCUT2D eigenvalue weighted by molar-refractivity contribution is 5.90. The molecule has 0 bridgehead atoms. The van der Waals surface area contributed by atoms with Crippen LogP contribution in [0.15, 0.2) is 18.2 Å². The Labute approximate surface area is 182 Å². The molecule has 0 unspecified atom stereocenters. The highest BCUT2D eigenvalue weighted by atomic mass is 16.2. The minimum Gasteiger partial charge on any atom is -0.377 e. The molecule has 7 nitrogen and oxygen atoms in total. The molecule has 0 aliphatic rings. The number of carbonyl (C=O) groups is 2. The summed E-state index contributed by atoms with van der Waals surface area (Å²) in [7, 11) is 7.99. The third-order valence-electron chi connectivity index (χ3n) is 4.45. The Morgan fingerprint density at radius 3 is 2.17 bits per heavy atom. The summed E-state index contributed by atoms with van der Waals surface area (Å²) in [6, 6.07) is 5.66. The first-order valence-electron chi connectivity index (χ1n) is 10.6. The van der Waals surface area contributed by atoms with Crippen molar-refractivity contribution in [3.8, 4) is 0 Å². The first-order chi connectivity index (χ1) is 13.8. The molecule has 0 fully saturated rings. The molecule has 0 aliphatic carbocycles. The summed E-state index contributed by atoms with van der Waals surface area (Å²) in [5, 5.41) is 5.73. The zero-order valence-electron chi connectivity index (χ0n) is 20.3. The molecule has 0 radical (unpaired) electrons. The van der Waals surface area contributed by atoms with Crippen LogP contribution in [0.2, 0.25) is 0 Å². The predicted octanol–water partition coefficient (Wildman–Crippen LogP) is 3.61. The second-order valence-corrected chi connectivity index (χ2v) is 9.85. The van der Waals surface area contributed by atoms with Crippen LogP contribution in [0, 0.1) is 5.41 Å². The van der Waals surface area contributed by atoms with E-state index in [2.05, 4.69) is 36.3 Å². The fourth-order valence-electron chi connectivity index (χ4n) is 3.04. The van der Waals surface area contributed by atoms with Crippen LogP contribution >= 0.6 is 0 Å². The van der Waals surface area contributed by atoms with Crippen LogP contribution in [-0.2, 0) is 11.3 Å². The van der Waals surface area contributed by atoms with Crippen LogP contribution in [0.25, 0.3) is 0 Å². The molecule has 0 saturated carbocycles. The first-order valence-corrected chi connectivity index (χ1v) is 10.6. The van der Waals surface area contributed by atoms with Crippen molar-refractivity contribution in [1.82, 2.24) is 15.1 Å². The Kier molecular flexibility index (Phi) is 9.62. The molecule has 0 spiro atoms. The monoisotopic (exact) mass is 419 g/mol. The maximum absolute atomic E-state index is 13.1. The number of benzene rings is 1. The topological polar surface area (TPSA) is 67.9 Å². The van der Waals surface area contributed by atoms with Crippen molar-refractivity contribution in [2.45, 2.75) is 53.6 Å². The Hall–Kier alpha value is -2.28. The summed E-state index contributed by atoms with van der Waals surface area (Å²) >= 11 is 0. The van der Waals surface area contributed by atoms with E-state index < -0.39 is 0 Å². The second kappa shape index (κ2) is 11.2. The number of likely N-dealkylation sites (N-methyl/N-ethyl adjacent to an activating group) is 1. The summed E-state index contributed by atoms with van der Waals surface area (Å²) < 4.78 is 0. The van der Waals surface area contributed by atoms with Gasteiger partial charge in [-0.3, -0.25) is 4.79 Å². The largest absolute Gasteiger partial charge is 0.377 e. The molecule has 7 heteroatoms. The van der Waals surface area contributed by atoms with Gasteiger partial charge in [0.05, 0.1) is 0 Å². The molecule has 0 atom stereocenters. The zero-order valence-corrected chi connectivity index (χ0v) is 20.3. The normalized spacial score (nSPS) is 11.6. The van der Waals surface area contributed by atoms with Gasteiger partial charge in [0.15, 0.2) is 0 Å². The zero-order chi connectivity index (χ0) is 23.1. The average Bonchev–Trinajstić information content (AvgIpc) is 2.55. The molecule has 0 aliphatic heterocycles. The first kappa shape index (κ1) is 25.8. The fraction of sp³-hybridized carbons (Fsp3) is 0.652. The fourth-order valence-corrected chi connectivity index (χ4v) is 3.04. The van der Waals surface area contributed by atoms with E-state index in [0.29, 0.717) is 25.2 Å². The van der Waals surface area contributed by atoms with Crippen LogP contribution in [0.4, 0.5) is 16.2 Å². The second-order valence-electron chi connectivity index (χ2n) is 9.85. The molecule has 30 heavy (non-hydrogen) atoms. The lowest BCUT2D eigenvalue weighted by atomic mass is 9.91. The summed E-state index contributed by atoms with van der Waals surface area (Å²) in [6.07, 6.45) is 0.493. The van der Waals surface area contributed by atoms with E-state index in [4.69, 9.17) is 0 Å². The van der Waals surface area contributed by atoms with Crippen molar-refractivity contribution in [1.29, 1.82) is 0 Å². The molecule has 0 saturated heterocycles. The number of amides is 3. The van der Waals surface area contributed by atoms with Gasteiger partial charge in [-0.25, -0.2) is 4.79 Å². The van der Waals surface area contributed by atoms with Gasteiger partial charge in [0.25, 0.3) is 0 Å². The van der Waals surface area contributed by atoms with E-state index in [1.54, 1.807) is 0 Å². The molecule has 1 aromatic rings. The molecular formula is C23H41N5O2. The molecule has 170 valence electrons. The minimum absolute atomic E-state index is 0.0575. The lowest BCUT2D eigenvalue weighted by Gasteiger charge is -2.29.